The van der Waals surface area contributed by atoms with Gasteiger partial charge in [0.2, 0.25) is 0 Å². The van der Waals surface area contributed by atoms with Crippen LogP contribution in [0.5, 0.6) is 0 Å². The molecule has 1 aromatic heterocycles. The molecule has 0 aliphatic carbocycles. The fraction of sp³-hybridized carbons (Fsp3) is 0.308. The van der Waals surface area contributed by atoms with Gasteiger partial charge in [-0.2, -0.15) is 5.10 Å². The molecule has 3 nitrogen and oxygen atoms in total. The third-order valence-corrected chi connectivity index (χ3v) is 3.62. The molecule has 6 heteroatoms. The van der Waals surface area contributed by atoms with Crippen molar-refractivity contribution in [3.8, 4) is 0 Å². The Hall–Kier alpha value is -1.27. The smallest absolute Gasteiger partial charge is 0.126 e. The molecule has 0 unspecified atom stereocenters. The Morgan fingerprint density at radius 2 is 1.89 bits per heavy atom. The lowest BCUT2D eigenvalue weighted by Crippen LogP contribution is -2.47. The molecule has 0 spiro atoms. The molecule has 100 valence electrons. The first-order valence-electron chi connectivity index (χ1n) is 5.97. The molecule has 2 heterocycles. The van der Waals surface area contributed by atoms with E-state index in [2.05, 4.69) is 25.9 Å². The topological polar surface area (TPSA) is 21.1 Å². The number of benzene rings is 1. The van der Waals surface area contributed by atoms with E-state index in [9.17, 15) is 8.78 Å². The van der Waals surface area contributed by atoms with Crippen LogP contribution in [-0.2, 0) is 6.54 Å². The lowest BCUT2D eigenvalue weighted by Gasteiger charge is -2.39. The van der Waals surface area contributed by atoms with E-state index in [1.165, 1.54) is 12.1 Å². The quantitative estimate of drug-likeness (QED) is 0.864. The average Bonchev–Trinajstić information content (AvgIpc) is 2.68. The van der Waals surface area contributed by atoms with Crippen molar-refractivity contribution in [1.29, 1.82) is 0 Å². The molecule has 0 N–H and O–H groups in total. The maximum Gasteiger partial charge on any atom is 0.126 e. The minimum absolute atomic E-state index is 0.338. The van der Waals surface area contributed by atoms with Crippen molar-refractivity contribution < 1.29 is 8.78 Å². The van der Waals surface area contributed by atoms with Gasteiger partial charge in [-0.1, -0.05) is 0 Å². The summed E-state index contributed by atoms with van der Waals surface area (Å²) in [5.41, 5.74) is 0.664. The Morgan fingerprint density at radius 1 is 1.21 bits per heavy atom. The van der Waals surface area contributed by atoms with E-state index in [4.69, 9.17) is 0 Å². The summed E-state index contributed by atoms with van der Waals surface area (Å²) in [4.78, 5) is 2.13. The van der Waals surface area contributed by atoms with Gasteiger partial charge < -0.3 is 0 Å². The van der Waals surface area contributed by atoms with Crippen LogP contribution in [0.3, 0.4) is 0 Å². The van der Waals surface area contributed by atoms with E-state index >= 15 is 0 Å². The van der Waals surface area contributed by atoms with Crippen molar-refractivity contribution in [2.75, 3.05) is 13.1 Å². The molecule has 1 aliphatic heterocycles. The average molecular weight is 328 g/mol. The first-order valence-corrected chi connectivity index (χ1v) is 6.76. The van der Waals surface area contributed by atoms with Gasteiger partial charge in [0.1, 0.15) is 11.6 Å². The number of hydrogen-bond acceptors (Lipinski definition) is 2. The summed E-state index contributed by atoms with van der Waals surface area (Å²) in [6.45, 7) is 2.24. The molecule has 0 atom stereocenters. The van der Waals surface area contributed by atoms with Crippen molar-refractivity contribution in [1.82, 2.24) is 14.7 Å². The number of nitrogens with zero attached hydrogens (tertiary/aromatic N) is 3. The van der Waals surface area contributed by atoms with Gasteiger partial charge >= 0.3 is 0 Å². The minimum atomic E-state index is -0.525. The number of aromatic nitrogens is 2. The summed E-state index contributed by atoms with van der Waals surface area (Å²) in [6, 6.07) is 3.98. The lowest BCUT2D eigenvalue weighted by molar-refractivity contribution is 0.0907. The Labute approximate surface area is 118 Å². The van der Waals surface area contributed by atoms with Crippen LogP contribution >= 0.6 is 15.9 Å². The Kier molecular flexibility index (Phi) is 3.36. The van der Waals surface area contributed by atoms with Crippen LogP contribution in [0.25, 0.3) is 0 Å². The van der Waals surface area contributed by atoms with Crippen molar-refractivity contribution in [2.45, 2.75) is 12.6 Å². The summed E-state index contributed by atoms with van der Waals surface area (Å²) in [5.74, 6) is -1.05. The van der Waals surface area contributed by atoms with Crippen LogP contribution in [-0.4, -0.2) is 27.8 Å². The van der Waals surface area contributed by atoms with E-state index in [1.807, 2.05) is 10.9 Å². The predicted molar refractivity (Wildman–Crippen MR) is 70.6 cm³/mol. The first kappa shape index (κ1) is 12.7. The summed E-state index contributed by atoms with van der Waals surface area (Å²) in [5, 5.41) is 4.23. The SMILES string of the molecule is Fc1cc(F)cc(CN2CC(n3cc(Br)cn3)C2)c1. The third kappa shape index (κ3) is 2.84. The highest BCUT2D eigenvalue weighted by atomic mass is 79.9. The number of likely N-dealkylation sites (tertiary alicyclic amines) is 1. The molecule has 1 aliphatic rings. The van der Waals surface area contributed by atoms with Crippen LogP contribution in [0, 0.1) is 11.6 Å². The van der Waals surface area contributed by atoms with Crippen molar-refractivity contribution in [2.24, 2.45) is 0 Å². The second-order valence-electron chi connectivity index (χ2n) is 4.76. The lowest BCUT2D eigenvalue weighted by atomic mass is 10.1. The third-order valence-electron chi connectivity index (χ3n) is 3.21. The molecule has 1 saturated heterocycles. The fourth-order valence-corrected chi connectivity index (χ4v) is 2.62. The molecule has 1 fully saturated rings. The normalized spacial score (nSPS) is 16.6. The van der Waals surface area contributed by atoms with Crippen molar-refractivity contribution in [3.63, 3.8) is 0 Å². The summed E-state index contributed by atoms with van der Waals surface area (Å²) < 4.78 is 29.0. The molecule has 0 radical (unpaired) electrons. The summed E-state index contributed by atoms with van der Waals surface area (Å²) in [7, 11) is 0. The van der Waals surface area contributed by atoms with E-state index in [-0.39, 0.29) is 0 Å². The highest BCUT2D eigenvalue weighted by Gasteiger charge is 2.28. The molecule has 1 aromatic carbocycles. The van der Waals surface area contributed by atoms with E-state index < -0.39 is 11.6 Å². The van der Waals surface area contributed by atoms with Crippen LogP contribution in [0.15, 0.2) is 35.1 Å². The Morgan fingerprint density at radius 3 is 2.47 bits per heavy atom. The monoisotopic (exact) mass is 327 g/mol. The zero-order valence-corrected chi connectivity index (χ0v) is 11.6. The highest BCUT2D eigenvalue weighted by Crippen LogP contribution is 2.24. The van der Waals surface area contributed by atoms with Crippen LogP contribution in [0.2, 0.25) is 0 Å². The van der Waals surface area contributed by atoms with Gasteiger partial charge in [0.15, 0.2) is 0 Å². The number of rotatable bonds is 3. The van der Waals surface area contributed by atoms with Gasteiger partial charge in [-0.25, -0.2) is 8.78 Å². The van der Waals surface area contributed by atoms with Gasteiger partial charge in [0, 0.05) is 31.9 Å². The standard InChI is InChI=1S/C13H12BrF2N3/c14-10-4-17-19(6-10)13-7-18(8-13)5-9-1-11(15)3-12(16)2-9/h1-4,6,13H,5,7-8H2. The van der Waals surface area contributed by atoms with E-state index in [1.54, 1.807) is 6.20 Å². The van der Waals surface area contributed by atoms with Gasteiger partial charge in [-0.05, 0) is 33.6 Å². The molecule has 3 rings (SSSR count). The van der Waals surface area contributed by atoms with Gasteiger partial charge in [-0.3, -0.25) is 9.58 Å². The second kappa shape index (κ2) is 5.02. The van der Waals surface area contributed by atoms with Crippen molar-refractivity contribution >= 4 is 15.9 Å². The second-order valence-corrected chi connectivity index (χ2v) is 5.68. The Balaban J connectivity index is 1.59. The maximum absolute atomic E-state index is 13.1. The van der Waals surface area contributed by atoms with Gasteiger partial charge in [0.05, 0.1) is 16.7 Å². The van der Waals surface area contributed by atoms with E-state index in [0.29, 0.717) is 18.2 Å². The first-order chi connectivity index (χ1) is 9.10. The van der Waals surface area contributed by atoms with Crippen molar-refractivity contribution in [3.05, 3.63) is 52.3 Å². The number of halogens is 3. The summed E-state index contributed by atoms with van der Waals surface area (Å²) in [6.07, 6.45) is 3.69. The van der Waals surface area contributed by atoms with Gasteiger partial charge in [0.25, 0.3) is 0 Å². The minimum Gasteiger partial charge on any atom is -0.295 e. The fourth-order valence-electron chi connectivity index (χ4n) is 2.31. The van der Waals surface area contributed by atoms with E-state index in [0.717, 1.165) is 23.6 Å². The maximum atomic E-state index is 13.1. The van der Waals surface area contributed by atoms with Gasteiger partial charge in [-0.15, -0.1) is 0 Å². The summed E-state index contributed by atoms with van der Waals surface area (Å²) >= 11 is 3.36. The molecular formula is C13H12BrF2N3. The molecule has 19 heavy (non-hydrogen) atoms. The molecule has 0 amide bonds. The Bertz CT molecular complexity index is 573. The number of hydrogen-bond donors (Lipinski definition) is 0. The highest BCUT2D eigenvalue weighted by molar-refractivity contribution is 9.10. The molecule has 0 saturated carbocycles. The predicted octanol–water partition coefficient (Wildman–Crippen LogP) is 2.98. The molecule has 0 bridgehead atoms. The van der Waals surface area contributed by atoms with Crippen LogP contribution in [0.1, 0.15) is 11.6 Å². The largest absolute Gasteiger partial charge is 0.295 e. The molecular weight excluding hydrogens is 316 g/mol. The zero-order chi connectivity index (χ0) is 13.4. The molecule has 2 aromatic rings. The van der Waals surface area contributed by atoms with Crippen LogP contribution in [0.4, 0.5) is 8.78 Å². The zero-order valence-electron chi connectivity index (χ0n) is 10.1. The van der Waals surface area contributed by atoms with Crippen LogP contribution < -0.4 is 0 Å².